The van der Waals surface area contributed by atoms with Crippen molar-refractivity contribution in [1.29, 1.82) is 0 Å². The zero-order valence-electron chi connectivity index (χ0n) is 9.47. The maximum absolute atomic E-state index is 4.16. The van der Waals surface area contributed by atoms with Crippen molar-refractivity contribution < 1.29 is 0 Å². The van der Waals surface area contributed by atoms with Gasteiger partial charge in [-0.3, -0.25) is 0 Å². The van der Waals surface area contributed by atoms with E-state index in [4.69, 9.17) is 0 Å². The molecule has 0 spiro atoms. The van der Waals surface area contributed by atoms with Gasteiger partial charge in [0.05, 0.1) is 0 Å². The van der Waals surface area contributed by atoms with Gasteiger partial charge in [0, 0.05) is 18.8 Å². The van der Waals surface area contributed by atoms with E-state index in [2.05, 4.69) is 40.6 Å². The molecule has 16 heavy (non-hydrogen) atoms. The van der Waals surface area contributed by atoms with Gasteiger partial charge >= 0.3 is 0 Å². The fourth-order valence-corrected chi connectivity index (χ4v) is 1.83. The first-order valence-electron chi connectivity index (χ1n) is 5.91. The fourth-order valence-electron chi connectivity index (χ4n) is 1.83. The van der Waals surface area contributed by atoms with E-state index in [1.54, 1.807) is 12.4 Å². The highest BCUT2D eigenvalue weighted by Gasteiger charge is 2.01. The van der Waals surface area contributed by atoms with Crippen molar-refractivity contribution >= 4 is 5.84 Å². The Morgan fingerprint density at radius 2 is 1.62 bits per heavy atom. The zero-order chi connectivity index (χ0) is 11.1. The number of unbranched alkanes of at least 4 members (excludes halogenated alkanes) is 2. The highest BCUT2D eigenvalue weighted by molar-refractivity contribution is 5.84. The molecule has 0 bridgehead atoms. The Hall–Kier alpha value is -1.57. The number of amidine groups is 1. The van der Waals surface area contributed by atoms with Crippen LogP contribution in [0.5, 0.6) is 0 Å². The van der Waals surface area contributed by atoms with Gasteiger partial charge in [0.15, 0.2) is 0 Å². The summed E-state index contributed by atoms with van der Waals surface area (Å²) in [6.07, 6.45) is 9.42. The molecule has 2 nitrogen and oxygen atoms in total. The summed E-state index contributed by atoms with van der Waals surface area (Å²) in [7, 11) is 0. The molecule has 0 atom stereocenters. The summed E-state index contributed by atoms with van der Waals surface area (Å²) >= 11 is 0. The molecule has 1 aliphatic rings. The topological polar surface area (TPSA) is 26.5 Å². The van der Waals surface area contributed by atoms with Gasteiger partial charge in [0.25, 0.3) is 0 Å². The summed E-state index contributed by atoms with van der Waals surface area (Å²) in [5.41, 5.74) is 1.44. The standard InChI is InChI=1S/C14H17N2/c1-3-7-13(8-4-1)9-5-2-6-10-14-15-11-12-16-14/h1,3-4,7-8,11-12H,2,5-6,9-10H2. The molecule has 2 heteroatoms. The molecule has 0 aromatic heterocycles. The van der Waals surface area contributed by atoms with Crippen LogP contribution in [0.3, 0.4) is 0 Å². The zero-order valence-corrected chi connectivity index (χ0v) is 9.47. The molecule has 1 heterocycles. The largest absolute Gasteiger partial charge is 0.240 e. The number of nitrogens with zero attached hydrogens (tertiary/aromatic N) is 2. The molecule has 2 rings (SSSR count). The van der Waals surface area contributed by atoms with Crippen molar-refractivity contribution in [1.82, 2.24) is 5.32 Å². The molecule has 1 aliphatic heterocycles. The quantitative estimate of drug-likeness (QED) is 0.648. The molecule has 0 saturated heterocycles. The highest BCUT2D eigenvalue weighted by Crippen LogP contribution is 2.08. The Morgan fingerprint density at radius 3 is 2.38 bits per heavy atom. The lowest BCUT2D eigenvalue weighted by molar-refractivity contribution is 0.693. The third-order valence-corrected chi connectivity index (χ3v) is 2.72. The summed E-state index contributed by atoms with van der Waals surface area (Å²) in [6.45, 7) is 0. The van der Waals surface area contributed by atoms with Crippen LogP contribution in [0.2, 0.25) is 0 Å². The van der Waals surface area contributed by atoms with Gasteiger partial charge in [-0.1, -0.05) is 36.8 Å². The van der Waals surface area contributed by atoms with Gasteiger partial charge in [-0.15, -0.1) is 0 Å². The lowest BCUT2D eigenvalue weighted by Gasteiger charge is -2.01. The molecular weight excluding hydrogens is 196 g/mol. The van der Waals surface area contributed by atoms with E-state index in [1.807, 2.05) is 0 Å². The highest BCUT2D eigenvalue weighted by atomic mass is 15.0. The van der Waals surface area contributed by atoms with Gasteiger partial charge in [-0.05, 0) is 24.8 Å². The minimum absolute atomic E-state index is 0.986. The number of aliphatic imine (C=N–C) groups is 1. The van der Waals surface area contributed by atoms with Gasteiger partial charge in [0.1, 0.15) is 5.84 Å². The van der Waals surface area contributed by atoms with Crippen molar-refractivity contribution in [2.24, 2.45) is 4.99 Å². The third kappa shape index (κ3) is 3.54. The van der Waals surface area contributed by atoms with Crippen LogP contribution in [0.25, 0.3) is 0 Å². The molecule has 1 aromatic carbocycles. The molecule has 0 saturated carbocycles. The maximum atomic E-state index is 4.16. The average molecular weight is 213 g/mol. The Labute approximate surface area is 97.1 Å². The first-order chi connectivity index (χ1) is 7.95. The van der Waals surface area contributed by atoms with E-state index >= 15 is 0 Å². The number of aryl methyl sites for hydroxylation is 1. The van der Waals surface area contributed by atoms with Crippen LogP contribution >= 0.6 is 0 Å². The van der Waals surface area contributed by atoms with E-state index in [0.717, 1.165) is 12.3 Å². The second kappa shape index (κ2) is 6.11. The molecule has 0 N–H and O–H groups in total. The van der Waals surface area contributed by atoms with Crippen LogP contribution in [0.1, 0.15) is 31.2 Å². The second-order valence-electron chi connectivity index (χ2n) is 4.02. The monoisotopic (exact) mass is 213 g/mol. The summed E-state index contributed by atoms with van der Waals surface area (Å²) in [6, 6.07) is 10.7. The van der Waals surface area contributed by atoms with Crippen LogP contribution in [-0.4, -0.2) is 5.84 Å². The minimum atomic E-state index is 0.986. The SMILES string of the molecule is C1=CN=C(CCCCCc2ccccc2)[N]1. The molecule has 0 unspecified atom stereocenters. The van der Waals surface area contributed by atoms with Crippen molar-refractivity contribution in [3.05, 3.63) is 48.3 Å². The predicted octanol–water partition coefficient (Wildman–Crippen LogP) is 3.28. The van der Waals surface area contributed by atoms with Crippen molar-refractivity contribution in [3.63, 3.8) is 0 Å². The Kier molecular flexibility index (Phi) is 4.17. The van der Waals surface area contributed by atoms with Crippen LogP contribution in [0, 0.1) is 0 Å². The summed E-state index contributed by atoms with van der Waals surface area (Å²) < 4.78 is 0. The molecule has 0 amide bonds. The van der Waals surface area contributed by atoms with Crippen LogP contribution < -0.4 is 5.32 Å². The Balaban J connectivity index is 1.55. The third-order valence-electron chi connectivity index (χ3n) is 2.72. The van der Waals surface area contributed by atoms with Crippen molar-refractivity contribution in [3.8, 4) is 0 Å². The molecule has 0 fully saturated rings. The predicted molar refractivity (Wildman–Crippen MR) is 67.3 cm³/mol. The summed E-state index contributed by atoms with van der Waals surface area (Å²) in [5.74, 6) is 0.986. The van der Waals surface area contributed by atoms with Gasteiger partial charge in [-0.25, -0.2) is 10.3 Å². The maximum Gasteiger partial charge on any atom is 0.128 e. The lowest BCUT2D eigenvalue weighted by Crippen LogP contribution is -2.05. The number of hydrogen-bond donors (Lipinski definition) is 0. The van der Waals surface area contributed by atoms with Crippen LogP contribution in [-0.2, 0) is 6.42 Å². The lowest BCUT2D eigenvalue weighted by atomic mass is 10.1. The molecule has 1 radical (unpaired) electrons. The molecule has 0 aliphatic carbocycles. The van der Waals surface area contributed by atoms with Crippen molar-refractivity contribution in [2.45, 2.75) is 32.1 Å². The number of rotatable bonds is 6. The van der Waals surface area contributed by atoms with E-state index in [9.17, 15) is 0 Å². The first-order valence-corrected chi connectivity index (χ1v) is 5.91. The minimum Gasteiger partial charge on any atom is -0.240 e. The van der Waals surface area contributed by atoms with Gasteiger partial charge in [0.2, 0.25) is 0 Å². The van der Waals surface area contributed by atoms with Gasteiger partial charge < -0.3 is 0 Å². The van der Waals surface area contributed by atoms with Crippen molar-refractivity contribution in [2.75, 3.05) is 0 Å². The van der Waals surface area contributed by atoms with E-state index in [1.165, 1.54) is 31.2 Å². The Bertz CT molecular complexity index is 366. The van der Waals surface area contributed by atoms with E-state index < -0.39 is 0 Å². The average Bonchev–Trinajstić information content (AvgIpc) is 2.83. The summed E-state index contributed by atoms with van der Waals surface area (Å²) in [4.78, 5) is 4.16. The molecule has 1 aromatic rings. The Morgan fingerprint density at radius 1 is 0.812 bits per heavy atom. The van der Waals surface area contributed by atoms with E-state index in [0.29, 0.717) is 0 Å². The molecular formula is C14H17N2. The summed E-state index contributed by atoms with van der Waals surface area (Å²) in [5, 5.41) is 4.16. The normalized spacial score (nSPS) is 13.6. The van der Waals surface area contributed by atoms with Crippen LogP contribution in [0.15, 0.2) is 47.7 Å². The fraction of sp³-hybridized carbons (Fsp3) is 0.357. The van der Waals surface area contributed by atoms with Gasteiger partial charge in [-0.2, -0.15) is 0 Å². The smallest absolute Gasteiger partial charge is 0.128 e. The number of hydrogen-bond acceptors (Lipinski definition) is 1. The van der Waals surface area contributed by atoms with Crippen LogP contribution in [0.4, 0.5) is 0 Å². The first kappa shape index (κ1) is 10.9. The molecule has 83 valence electrons. The number of benzene rings is 1. The second-order valence-corrected chi connectivity index (χ2v) is 4.02. The van der Waals surface area contributed by atoms with E-state index in [-0.39, 0.29) is 0 Å².